The molecule has 0 radical (unpaired) electrons. The van der Waals surface area contributed by atoms with Crippen molar-refractivity contribution in [3.63, 3.8) is 0 Å². The minimum atomic E-state index is -0.298. The monoisotopic (exact) mass is 237 g/mol. The molecule has 0 bridgehead atoms. The van der Waals surface area contributed by atoms with E-state index in [4.69, 9.17) is 4.74 Å². The van der Waals surface area contributed by atoms with Gasteiger partial charge in [0.2, 0.25) is 0 Å². The van der Waals surface area contributed by atoms with Crippen molar-refractivity contribution >= 4 is 17.0 Å². The summed E-state index contributed by atoms with van der Waals surface area (Å²) in [5.41, 5.74) is 0.727. The van der Waals surface area contributed by atoms with E-state index >= 15 is 0 Å². The van der Waals surface area contributed by atoms with Gasteiger partial charge >= 0.3 is 0 Å². The smallest absolute Gasteiger partial charge is 0.128 e. The Morgan fingerprint density at radius 1 is 1.38 bits per heavy atom. The lowest BCUT2D eigenvalue weighted by Crippen LogP contribution is -1.98. The average molecular weight is 237 g/mol. The molecule has 1 N–H and O–H groups in total. The summed E-state index contributed by atoms with van der Waals surface area (Å²) in [6.45, 7) is 0.699. The number of nitrogens with one attached hydrogen (secondary N) is 1. The summed E-state index contributed by atoms with van der Waals surface area (Å²) in [7, 11) is 1.53. The first-order chi connectivity index (χ1) is 7.78. The molecule has 0 unspecified atom stereocenters. The molecule has 2 nitrogen and oxygen atoms in total. The summed E-state index contributed by atoms with van der Waals surface area (Å²) in [4.78, 5) is 1.21. The molecule has 0 spiro atoms. The van der Waals surface area contributed by atoms with Crippen LogP contribution in [0.1, 0.15) is 4.88 Å². The molecule has 0 atom stereocenters. The zero-order chi connectivity index (χ0) is 11.4. The molecule has 0 fully saturated rings. The fourth-order valence-corrected chi connectivity index (χ4v) is 2.03. The summed E-state index contributed by atoms with van der Waals surface area (Å²) in [6, 6.07) is 8.62. The number of benzene rings is 1. The molecule has 1 aromatic carbocycles. The number of hydrogen-bond donors (Lipinski definition) is 1. The van der Waals surface area contributed by atoms with Gasteiger partial charge in [-0.3, -0.25) is 0 Å². The fraction of sp³-hybridized carbons (Fsp3) is 0.167. The van der Waals surface area contributed by atoms with Crippen LogP contribution in [0.5, 0.6) is 5.75 Å². The third kappa shape index (κ3) is 2.73. The lowest BCUT2D eigenvalue weighted by molar-refractivity contribution is 0.411. The minimum Gasteiger partial charge on any atom is -0.497 e. The normalized spacial score (nSPS) is 10.1. The van der Waals surface area contributed by atoms with Crippen molar-refractivity contribution in [3.8, 4) is 5.75 Å². The molecular formula is C12H12FNOS. The second-order valence-corrected chi connectivity index (χ2v) is 4.34. The van der Waals surface area contributed by atoms with E-state index in [9.17, 15) is 4.39 Å². The van der Waals surface area contributed by atoms with E-state index in [0.29, 0.717) is 12.3 Å². The van der Waals surface area contributed by atoms with E-state index in [1.54, 1.807) is 17.4 Å². The van der Waals surface area contributed by atoms with Gasteiger partial charge in [0.25, 0.3) is 0 Å². The number of thiophene rings is 1. The van der Waals surface area contributed by atoms with Crippen LogP contribution in [0.4, 0.5) is 10.1 Å². The van der Waals surface area contributed by atoms with Crippen LogP contribution >= 0.6 is 11.3 Å². The third-order valence-electron chi connectivity index (χ3n) is 2.15. The maximum Gasteiger partial charge on any atom is 0.128 e. The number of halogens is 1. The lowest BCUT2D eigenvalue weighted by atomic mass is 10.3. The van der Waals surface area contributed by atoms with Gasteiger partial charge < -0.3 is 10.1 Å². The Morgan fingerprint density at radius 2 is 2.25 bits per heavy atom. The molecule has 0 aliphatic carbocycles. The first-order valence-electron chi connectivity index (χ1n) is 4.89. The Bertz CT molecular complexity index is 456. The van der Waals surface area contributed by atoms with E-state index in [1.807, 2.05) is 17.5 Å². The van der Waals surface area contributed by atoms with Gasteiger partial charge in [-0.2, -0.15) is 0 Å². The van der Waals surface area contributed by atoms with Crippen LogP contribution < -0.4 is 10.1 Å². The minimum absolute atomic E-state index is 0.298. The topological polar surface area (TPSA) is 21.3 Å². The first-order valence-corrected chi connectivity index (χ1v) is 5.77. The van der Waals surface area contributed by atoms with Crippen LogP contribution in [-0.4, -0.2) is 7.11 Å². The van der Waals surface area contributed by atoms with Crippen LogP contribution in [0.3, 0.4) is 0 Å². The highest BCUT2D eigenvalue weighted by molar-refractivity contribution is 7.09. The van der Waals surface area contributed by atoms with Crippen LogP contribution in [0.25, 0.3) is 0 Å². The molecule has 16 heavy (non-hydrogen) atoms. The summed E-state index contributed by atoms with van der Waals surface area (Å²) in [5, 5.41) is 5.17. The van der Waals surface area contributed by atoms with Crippen molar-refractivity contribution in [2.24, 2.45) is 0 Å². The van der Waals surface area contributed by atoms with Crippen molar-refractivity contribution < 1.29 is 9.13 Å². The van der Waals surface area contributed by atoms with Gasteiger partial charge in [0.15, 0.2) is 0 Å². The van der Waals surface area contributed by atoms with Gasteiger partial charge in [-0.1, -0.05) is 6.07 Å². The number of hydrogen-bond acceptors (Lipinski definition) is 3. The van der Waals surface area contributed by atoms with Gasteiger partial charge in [-0.05, 0) is 17.5 Å². The molecule has 1 heterocycles. The Labute approximate surface area is 97.7 Å². The molecule has 2 aromatic rings. The number of ether oxygens (including phenoxy) is 1. The fourth-order valence-electron chi connectivity index (χ4n) is 1.38. The molecule has 0 aliphatic heterocycles. The molecule has 84 valence electrons. The van der Waals surface area contributed by atoms with E-state index < -0.39 is 0 Å². The van der Waals surface area contributed by atoms with Gasteiger partial charge in [-0.25, -0.2) is 4.39 Å². The third-order valence-corrected chi connectivity index (χ3v) is 3.03. The van der Waals surface area contributed by atoms with Crippen LogP contribution in [-0.2, 0) is 6.54 Å². The predicted octanol–water partition coefficient (Wildman–Crippen LogP) is 3.51. The van der Waals surface area contributed by atoms with Crippen molar-refractivity contribution in [2.45, 2.75) is 6.54 Å². The van der Waals surface area contributed by atoms with Gasteiger partial charge in [0, 0.05) is 29.2 Å². The Morgan fingerprint density at radius 3 is 2.94 bits per heavy atom. The second-order valence-electron chi connectivity index (χ2n) is 3.31. The van der Waals surface area contributed by atoms with Crippen LogP contribution in [0.15, 0.2) is 35.7 Å². The highest BCUT2D eigenvalue weighted by atomic mass is 32.1. The molecule has 1 aromatic heterocycles. The largest absolute Gasteiger partial charge is 0.497 e. The molecular weight excluding hydrogens is 225 g/mol. The molecule has 0 saturated heterocycles. The highest BCUT2D eigenvalue weighted by Crippen LogP contribution is 2.21. The Balaban J connectivity index is 2.06. The van der Waals surface area contributed by atoms with Crippen molar-refractivity contribution in [3.05, 3.63) is 46.4 Å². The zero-order valence-corrected chi connectivity index (χ0v) is 9.68. The molecule has 0 aliphatic rings. The number of methoxy groups -OCH3 is 1. The molecule has 2 rings (SSSR count). The van der Waals surface area contributed by atoms with E-state index in [2.05, 4.69) is 5.32 Å². The maximum absolute atomic E-state index is 13.2. The van der Waals surface area contributed by atoms with Crippen LogP contribution in [0.2, 0.25) is 0 Å². The van der Waals surface area contributed by atoms with Gasteiger partial charge in [-0.15, -0.1) is 11.3 Å². The number of rotatable bonds is 4. The van der Waals surface area contributed by atoms with Crippen molar-refractivity contribution in [1.29, 1.82) is 0 Å². The average Bonchev–Trinajstić information content (AvgIpc) is 2.78. The number of anilines is 1. The maximum atomic E-state index is 13.2. The second kappa shape index (κ2) is 4.99. The first kappa shape index (κ1) is 11.0. The summed E-state index contributed by atoms with van der Waals surface area (Å²) in [5.74, 6) is 0.224. The van der Waals surface area contributed by atoms with E-state index in [-0.39, 0.29) is 5.82 Å². The van der Waals surface area contributed by atoms with Gasteiger partial charge in [0.1, 0.15) is 11.6 Å². The van der Waals surface area contributed by atoms with Crippen molar-refractivity contribution in [2.75, 3.05) is 12.4 Å². The Kier molecular flexibility index (Phi) is 3.41. The Hall–Kier alpha value is -1.55. The molecule has 0 saturated carbocycles. The van der Waals surface area contributed by atoms with Crippen molar-refractivity contribution in [1.82, 2.24) is 0 Å². The zero-order valence-electron chi connectivity index (χ0n) is 8.87. The summed E-state index contributed by atoms with van der Waals surface area (Å²) >= 11 is 1.67. The quantitative estimate of drug-likeness (QED) is 0.878. The van der Waals surface area contributed by atoms with E-state index in [1.165, 1.54) is 24.1 Å². The lowest BCUT2D eigenvalue weighted by Gasteiger charge is -2.07. The van der Waals surface area contributed by atoms with Crippen LogP contribution in [0, 0.1) is 5.82 Å². The standard InChI is InChI=1S/C12H12FNOS/c1-15-11-6-9(13)5-10(7-11)14-8-12-3-2-4-16-12/h2-7,14H,8H2,1H3. The SMILES string of the molecule is COc1cc(F)cc(NCc2cccs2)c1. The molecule has 4 heteroatoms. The molecule has 0 amide bonds. The predicted molar refractivity (Wildman–Crippen MR) is 64.6 cm³/mol. The summed E-state index contributed by atoms with van der Waals surface area (Å²) in [6.07, 6.45) is 0. The van der Waals surface area contributed by atoms with Gasteiger partial charge in [0.05, 0.1) is 7.11 Å². The van der Waals surface area contributed by atoms with E-state index in [0.717, 1.165) is 5.69 Å². The summed E-state index contributed by atoms with van der Waals surface area (Å²) < 4.78 is 18.2. The highest BCUT2D eigenvalue weighted by Gasteiger charge is 2.01.